The van der Waals surface area contributed by atoms with Gasteiger partial charge in [0, 0.05) is 30.1 Å². The van der Waals surface area contributed by atoms with Crippen LogP contribution in [0.4, 0.5) is 8.78 Å². The van der Waals surface area contributed by atoms with Crippen LogP contribution in [-0.2, 0) is 13.5 Å². The summed E-state index contributed by atoms with van der Waals surface area (Å²) in [6.45, 7) is 2.02. The van der Waals surface area contributed by atoms with E-state index in [1.165, 1.54) is 12.1 Å². The topological polar surface area (TPSA) is 40.2 Å². The van der Waals surface area contributed by atoms with E-state index in [1.54, 1.807) is 0 Å². The molecule has 1 unspecified atom stereocenters. The second-order valence-corrected chi connectivity index (χ2v) is 5.91. The molecule has 3 aromatic rings. The standard InChI is InChI=1S/C19H20F2N2O/c1-3-13(22)11-15-14-6-4-5-7-17(14)23(2)19(15)24-18-9-8-12(20)10-16(18)21/h4-10,13H,3,11,22H2,1-2H3. The lowest BCUT2D eigenvalue weighted by atomic mass is 10.0. The van der Waals surface area contributed by atoms with Crippen LogP contribution < -0.4 is 10.5 Å². The lowest BCUT2D eigenvalue weighted by Gasteiger charge is -2.13. The van der Waals surface area contributed by atoms with Crippen LogP contribution in [-0.4, -0.2) is 10.6 Å². The van der Waals surface area contributed by atoms with Crippen molar-refractivity contribution in [1.82, 2.24) is 4.57 Å². The number of para-hydroxylation sites is 1. The van der Waals surface area contributed by atoms with Crippen LogP contribution in [0, 0.1) is 11.6 Å². The Morgan fingerprint density at radius 3 is 2.62 bits per heavy atom. The minimum atomic E-state index is -0.731. The molecule has 1 heterocycles. The van der Waals surface area contributed by atoms with Gasteiger partial charge in [-0.15, -0.1) is 0 Å². The van der Waals surface area contributed by atoms with Gasteiger partial charge in [0.05, 0.1) is 5.52 Å². The van der Waals surface area contributed by atoms with E-state index in [4.69, 9.17) is 10.5 Å². The highest BCUT2D eigenvalue weighted by atomic mass is 19.1. The van der Waals surface area contributed by atoms with E-state index in [2.05, 4.69) is 0 Å². The van der Waals surface area contributed by atoms with Crippen LogP contribution in [0.15, 0.2) is 42.5 Å². The molecule has 0 bridgehead atoms. The van der Waals surface area contributed by atoms with E-state index in [1.807, 2.05) is 42.8 Å². The molecule has 0 radical (unpaired) electrons. The molecule has 0 amide bonds. The van der Waals surface area contributed by atoms with Gasteiger partial charge < -0.3 is 15.0 Å². The number of aromatic nitrogens is 1. The molecule has 24 heavy (non-hydrogen) atoms. The third-order valence-corrected chi connectivity index (χ3v) is 4.24. The number of nitrogens with zero attached hydrogens (tertiary/aromatic N) is 1. The normalized spacial score (nSPS) is 12.5. The van der Waals surface area contributed by atoms with Crippen LogP contribution >= 0.6 is 0 Å². The van der Waals surface area contributed by atoms with E-state index >= 15 is 0 Å². The van der Waals surface area contributed by atoms with Crippen LogP contribution in [0.1, 0.15) is 18.9 Å². The molecule has 0 aliphatic carbocycles. The Morgan fingerprint density at radius 1 is 1.17 bits per heavy atom. The molecule has 1 atom stereocenters. The van der Waals surface area contributed by atoms with Crippen molar-refractivity contribution in [2.45, 2.75) is 25.8 Å². The Balaban J connectivity index is 2.11. The predicted octanol–water partition coefficient (Wildman–Crippen LogP) is 4.53. The van der Waals surface area contributed by atoms with Gasteiger partial charge in [-0.1, -0.05) is 25.1 Å². The molecule has 0 aliphatic heterocycles. The van der Waals surface area contributed by atoms with Crippen LogP contribution in [0.3, 0.4) is 0 Å². The van der Waals surface area contributed by atoms with Crippen molar-refractivity contribution in [3.8, 4) is 11.6 Å². The third kappa shape index (κ3) is 2.99. The highest BCUT2D eigenvalue weighted by Gasteiger charge is 2.20. The number of hydrogen-bond acceptors (Lipinski definition) is 2. The molecule has 126 valence electrons. The number of hydrogen-bond donors (Lipinski definition) is 1. The quantitative estimate of drug-likeness (QED) is 0.747. The molecule has 0 saturated heterocycles. The second-order valence-electron chi connectivity index (χ2n) is 5.91. The zero-order chi connectivity index (χ0) is 17.3. The van der Waals surface area contributed by atoms with Gasteiger partial charge in [-0.05, 0) is 31.0 Å². The summed E-state index contributed by atoms with van der Waals surface area (Å²) in [6, 6.07) is 11.1. The maximum atomic E-state index is 14.0. The zero-order valence-corrected chi connectivity index (χ0v) is 13.7. The summed E-state index contributed by atoms with van der Waals surface area (Å²) in [5, 5.41) is 1.03. The molecule has 0 fully saturated rings. The number of ether oxygens (including phenoxy) is 1. The summed E-state index contributed by atoms with van der Waals surface area (Å²) in [5.41, 5.74) is 8.05. The minimum absolute atomic E-state index is 0.00590. The Bertz CT molecular complexity index is 873. The van der Waals surface area contributed by atoms with Crippen LogP contribution in [0.2, 0.25) is 0 Å². The van der Waals surface area contributed by atoms with Gasteiger partial charge in [0.1, 0.15) is 5.82 Å². The van der Waals surface area contributed by atoms with Crippen LogP contribution in [0.5, 0.6) is 11.6 Å². The number of nitrogens with two attached hydrogens (primary N) is 1. The molecule has 2 aromatic carbocycles. The Kier molecular flexibility index (Phi) is 4.53. The molecule has 3 rings (SSSR count). The van der Waals surface area contributed by atoms with Gasteiger partial charge in [0.15, 0.2) is 11.6 Å². The van der Waals surface area contributed by atoms with Crippen molar-refractivity contribution in [2.24, 2.45) is 12.8 Å². The number of aryl methyl sites for hydroxylation is 1. The average Bonchev–Trinajstić information content (AvgIpc) is 2.83. The molecule has 0 spiro atoms. The van der Waals surface area contributed by atoms with Gasteiger partial charge in [-0.2, -0.15) is 0 Å². The lowest BCUT2D eigenvalue weighted by molar-refractivity contribution is 0.406. The van der Waals surface area contributed by atoms with Crippen molar-refractivity contribution in [3.63, 3.8) is 0 Å². The molecular weight excluding hydrogens is 310 g/mol. The Morgan fingerprint density at radius 2 is 1.92 bits per heavy atom. The van der Waals surface area contributed by atoms with Gasteiger partial charge in [0.2, 0.25) is 5.88 Å². The Hall–Kier alpha value is -2.40. The summed E-state index contributed by atoms with van der Waals surface area (Å²) in [4.78, 5) is 0. The molecule has 3 nitrogen and oxygen atoms in total. The average molecular weight is 330 g/mol. The number of halogens is 2. The monoisotopic (exact) mass is 330 g/mol. The molecule has 1 aromatic heterocycles. The fourth-order valence-electron chi connectivity index (χ4n) is 2.84. The summed E-state index contributed by atoms with van der Waals surface area (Å²) >= 11 is 0. The zero-order valence-electron chi connectivity index (χ0n) is 13.7. The second kappa shape index (κ2) is 6.61. The maximum Gasteiger partial charge on any atom is 0.204 e. The van der Waals surface area contributed by atoms with Gasteiger partial charge in [0.25, 0.3) is 0 Å². The SMILES string of the molecule is CCC(N)Cc1c(Oc2ccc(F)cc2F)n(C)c2ccccc12. The summed E-state index contributed by atoms with van der Waals surface area (Å²) in [5.74, 6) is -0.838. The highest BCUT2D eigenvalue weighted by molar-refractivity contribution is 5.87. The summed E-state index contributed by atoms with van der Waals surface area (Å²) in [7, 11) is 1.86. The van der Waals surface area contributed by atoms with E-state index in [0.29, 0.717) is 12.3 Å². The first-order valence-corrected chi connectivity index (χ1v) is 7.96. The molecule has 5 heteroatoms. The van der Waals surface area contributed by atoms with Gasteiger partial charge >= 0.3 is 0 Å². The molecule has 2 N–H and O–H groups in total. The van der Waals surface area contributed by atoms with Crippen molar-refractivity contribution < 1.29 is 13.5 Å². The summed E-state index contributed by atoms with van der Waals surface area (Å²) in [6.07, 6.45) is 1.45. The largest absolute Gasteiger partial charge is 0.437 e. The van der Waals surface area contributed by atoms with E-state index in [0.717, 1.165) is 29.0 Å². The van der Waals surface area contributed by atoms with E-state index in [9.17, 15) is 8.78 Å². The van der Waals surface area contributed by atoms with E-state index in [-0.39, 0.29) is 11.8 Å². The summed E-state index contributed by atoms with van der Waals surface area (Å²) < 4.78 is 34.8. The first-order chi connectivity index (χ1) is 11.5. The van der Waals surface area contributed by atoms with Gasteiger partial charge in [-0.25, -0.2) is 8.78 Å². The smallest absolute Gasteiger partial charge is 0.204 e. The number of rotatable bonds is 5. The molecular formula is C19H20F2N2O. The number of benzene rings is 2. The minimum Gasteiger partial charge on any atom is -0.437 e. The Labute approximate surface area is 139 Å². The number of fused-ring (bicyclic) bond motifs is 1. The fourth-order valence-corrected chi connectivity index (χ4v) is 2.84. The third-order valence-electron chi connectivity index (χ3n) is 4.24. The predicted molar refractivity (Wildman–Crippen MR) is 91.3 cm³/mol. The van der Waals surface area contributed by atoms with Crippen molar-refractivity contribution >= 4 is 10.9 Å². The van der Waals surface area contributed by atoms with Crippen molar-refractivity contribution in [2.75, 3.05) is 0 Å². The molecule has 0 aliphatic rings. The molecule has 0 saturated carbocycles. The lowest BCUT2D eigenvalue weighted by Crippen LogP contribution is -2.21. The first-order valence-electron chi connectivity index (χ1n) is 7.96. The van der Waals surface area contributed by atoms with Crippen LogP contribution in [0.25, 0.3) is 10.9 Å². The van der Waals surface area contributed by atoms with Crippen molar-refractivity contribution in [1.29, 1.82) is 0 Å². The maximum absolute atomic E-state index is 14.0. The van der Waals surface area contributed by atoms with Gasteiger partial charge in [-0.3, -0.25) is 0 Å². The van der Waals surface area contributed by atoms with E-state index < -0.39 is 11.6 Å². The van der Waals surface area contributed by atoms with Crippen molar-refractivity contribution in [3.05, 3.63) is 59.7 Å². The first kappa shape index (κ1) is 16.5. The fraction of sp³-hybridized carbons (Fsp3) is 0.263. The highest BCUT2D eigenvalue weighted by Crippen LogP contribution is 2.36.